The van der Waals surface area contributed by atoms with E-state index in [0.29, 0.717) is 0 Å². The van der Waals surface area contributed by atoms with Crippen molar-refractivity contribution in [1.82, 2.24) is 4.57 Å². The number of hydrogen-bond acceptors (Lipinski definition) is 2. The Morgan fingerprint density at radius 3 is 2.14 bits per heavy atom. The average Bonchev–Trinajstić information content (AvgIpc) is 2.86. The number of ether oxygens (including phenoxy) is 2. The van der Waals surface area contributed by atoms with Crippen molar-refractivity contribution in [2.45, 2.75) is 13.3 Å². The van der Waals surface area contributed by atoms with Crippen molar-refractivity contribution in [3.05, 3.63) is 48.2 Å². The zero-order chi connectivity index (χ0) is 15.7. The fourth-order valence-corrected chi connectivity index (χ4v) is 3.10. The Balaban J connectivity index is 2.29. The van der Waals surface area contributed by atoms with Crippen LogP contribution in [-0.4, -0.2) is 18.8 Å². The van der Waals surface area contributed by atoms with E-state index in [0.717, 1.165) is 17.9 Å². The minimum absolute atomic E-state index is 0.875. The van der Waals surface area contributed by atoms with Gasteiger partial charge in [0.15, 0.2) is 0 Å². The predicted molar refractivity (Wildman–Crippen MR) is 90.8 cm³/mol. The van der Waals surface area contributed by atoms with Gasteiger partial charge in [0.1, 0.15) is 11.5 Å². The number of hydrogen-bond donors (Lipinski definition) is 0. The van der Waals surface area contributed by atoms with Gasteiger partial charge in [0.2, 0.25) is 0 Å². The molecule has 0 amide bonds. The van der Waals surface area contributed by atoms with Crippen LogP contribution in [-0.2, 0) is 13.5 Å². The van der Waals surface area contributed by atoms with E-state index in [2.05, 4.69) is 42.8 Å². The van der Waals surface area contributed by atoms with Crippen molar-refractivity contribution in [3.8, 4) is 22.6 Å². The Hall–Kier alpha value is -2.42. The molecule has 0 saturated heterocycles. The molecule has 2 aromatic carbocycles. The Bertz CT molecular complexity index is 800. The molecule has 0 bridgehead atoms. The van der Waals surface area contributed by atoms with E-state index in [9.17, 15) is 0 Å². The van der Waals surface area contributed by atoms with E-state index in [1.807, 2.05) is 18.2 Å². The van der Waals surface area contributed by atoms with Gasteiger partial charge in [0, 0.05) is 29.2 Å². The van der Waals surface area contributed by atoms with Gasteiger partial charge in [-0.15, -0.1) is 0 Å². The monoisotopic (exact) mass is 295 g/mol. The second-order valence-electron chi connectivity index (χ2n) is 5.35. The summed E-state index contributed by atoms with van der Waals surface area (Å²) in [6.07, 6.45) is 0.981. The molecule has 3 nitrogen and oxygen atoms in total. The van der Waals surface area contributed by atoms with Gasteiger partial charge in [0.25, 0.3) is 0 Å². The first kappa shape index (κ1) is 14.5. The summed E-state index contributed by atoms with van der Waals surface area (Å²) in [6, 6.07) is 14.5. The van der Waals surface area contributed by atoms with Gasteiger partial charge < -0.3 is 14.0 Å². The van der Waals surface area contributed by atoms with E-state index in [-0.39, 0.29) is 0 Å². The summed E-state index contributed by atoms with van der Waals surface area (Å²) < 4.78 is 12.9. The lowest BCUT2D eigenvalue weighted by Crippen LogP contribution is -1.95. The highest BCUT2D eigenvalue weighted by Gasteiger charge is 2.16. The molecule has 0 radical (unpaired) electrons. The first-order valence-electron chi connectivity index (χ1n) is 7.49. The quantitative estimate of drug-likeness (QED) is 0.711. The molecule has 0 aliphatic rings. The fourth-order valence-electron chi connectivity index (χ4n) is 3.10. The number of methoxy groups -OCH3 is 2. The molecule has 0 aliphatic carbocycles. The zero-order valence-electron chi connectivity index (χ0n) is 13.5. The third kappa shape index (κ3) is 2.23. The van der Waals surface area contributed by atoms with Crippen LogP contribution in [0.5, 0.6) is 11.5 Å². The minimum Gasteiger partial charge on any atom is -0.497 e. The van der Waals surface area contributed by atoms with Crippen LogP contribution < -0.4 is 9.47 Å². The lowest BCUT2D eigenvalue weighted by atomic mass is 10.0. The summed E-state index contributed by atoms with van der Waals surface area (Å²) in [5, 5.41) is 1.23. The molecule has 1 heterocycles. The molecule has 0 saturated carbocycles. The van der Waals surface area contributed by atoms with Gasteiger partial charge in [-0.05, 0) is 42.3 Å². The number of rotatable bonds is 4. The van der Waals surface area contributed by atoms with Gasteiger partial charge >= 0.3 is 0 Å². The van der Waals surface area contributed by atoms with Crippen molar-refractivity contribution in [2.24, 2.45) is 7.05 Å². The summed E-state index contributed by atoms with van der Waals surface area (Å²) in [5.41, 5.74) is 5.04. The molecule has 0 aliphatic heterocycles. The molecule has 3 heteroatoms. The molecule has 0 unspecified atom stereocenters. The lowest BCUT2D eigenvalue weighted by molar-refractivity contribution is 0.415. The third-order valence-electron chi connectivity index (χ3n) is 4.24. The van der Waals surface area contributed by atoms with Gasteiger partial charge in [0.05, 0.1) is 14.2 Å². The van der Waals surface area contributed by atoms with Crippen molar-refractivity contribution >= 4 is 10.9 Å². The smallest absolute Gasteiger partial charge is 0.119 e. The summed E-state index contributed by atoms with van der Waals surface area (Å²) >= 11 is 0. The van der Waals surface area contributed by atoms with Crippen LogP contribution in [0.25, 0.3) is 22.0 Å². The van der Waals surface area contributed by atoms with Crippen LogP contribution in [0.1, 0.15) is 12.6 Å². The number of fused-ring (bicyclic) bond motifs is 1. The van der Waals surface area contributed by atoms with Gasteiger partial charge in [-0.2, -0.15) is 0 Å². The van der Waals surface area contributed by atoms with Crippen molar-refractivity contribution in [1.29, 1.82) is 0 Å². The number of nitrogens with zero attached hydrogens (tertiary/aromatic N) is 1. The first-order valence-corrected chi connectivity index (χ1v) is 7.49. The average molecular weight is 295 g/mol. The molecule has 0 N–H and O–H groups in total. The SMILES string of the molecule is CCc1c(-c2ccc(OC)cc2)c2cc(OC)ccc2n1C. The van der Waals surface area contributed by atoms with Crippen LogP contribution in [0.3, 0.4) is 0 Å². The highest BCUT2D eigenvalue weighted by Crippen LogP contribution is 2.37. The van der Waals surface area contributed by atoms with E-state index < -0.39 is 0 Å². The van der Waals surface area contributed by atoms with Crippen molar-refractivity contribution < 1.29 is 9.47 Å². The van der Waals surface area contributed by atoms with Gasteiger partial charge in [-0.1, -0.05) is 19.1 Å². The Morgan fingerprint density at radius 1 is 0.909 bits per heavy atom. The normalized spacial score (nSPS) is 10.9. The van der Waals surface area contributed by atoms with E-state index in [4.69, 9.17) is 9.47 Å². The number of aryl methyl sites for hydroxylation is 1. The van der Waals surface area contributed by atoms with E-state index >= 15 is 0 Å². The van der Waals surface area contributed by atoms with Crippen LogP contribution in [0, 0.1) is 0 Å². The molecular formula is C19H21NO2. The highest BCUT2D eigenvalue weighted by molar-refractivity contribution is 5.99. The minimum atomic E-state index is 0.875. The Kier molecular flexibility index (Phi) is 3.80. The molecule has 0 atom stereocenters. The predicted octanol–water partition coefficient (Wildman–Crippen LogP) is 4.42. The summed E-state index contributed by atoms with van der Waals surface area (Å²) in [6.45, 7) is 2.19. The first-order chi connectivity index (χ1) is 10.7. The third-order valence-corrected chi connectivity index (χ3v) is 4.24. The van der Waals surface area contributed by atoms with Crippen LogP contribution in [0.2, 0.25) is 0 Å². The maximum atomic E-state index is 5.40. The molecule has 1 aromatic heterocycles. The molecule has 114 valence electrons. The summed E-state index contributed by atoms with van der Waals surface area (Å²) in [4.78, 5) is 0. The Morgan fingerprint density at radius 2 is 1.55 bits per heavy atom. The van der Waals surface area contributed by atoms with Crippen molar-refractivity contribution in [2.75, 3.05) is 14.2 Å². The molecule has 0 spiro atoms. The standard InChI is InChI=1S/C19H21NO2/c1-5-17-19(13-6-8-14(21-3)9-7-13)16-12-15(22-4)10-11-18(16)20(17)2/h6-12H,5H2,1-4H3. The summed E-state index contributed by atoms with van der Waals surface area (Å²) in [7, 11) is 5.52. The number of aromatic nitrogens is 1. The number of benzene rings is 2. The van der Waals surface area contributed by atoms with Crippen LogP contribution in [0.15, 0.2) is 42.5 Å². The van der Waals surface area contributed by atoms with Gasteiger partial charge in [-0.25, -0.2) is 0 Å². The van der Waals surface area contributed by atoms with E-state index in [1.165, 1.54) is 27.7 Å². The Labute approximate surface area is 131 Å². The lowest BCUT2D eigenvalue weighted by Gasteiger charge is -2.07. The maximum absolute atomic E-state index is 5.40. The van der Waals surface area contributed by atoms with Crippen LogP contribution in [0.4, 0.5) is 0 Å². The van der Waals surface area contributed by atoms with Crippen molar-refractivity contribution in [3.63, 3.8) is 0 Å². The second-order valence-corrected chi connectivity index (χ2v) is 5.35. The molecule has 22 heavy (non-hydrogen) atoms. The van der Waals surface area contributed by atoms with E-state index in [1.54, 1.807) is 14.2 Å². The molecular weight excluding hydrogens is 274 g/mol. The fraction of sp³-hybridized carbons (Fsp3) is 0.263. The highest BCUT2D eigenvalue weighted by atomic mass is 16.5. The topological polar surface area (TPSA) is 23.4 Å². The molecule has 3 rings (SSSR count). The van der Waals surface area contributed by atoms with Gasteiger partial charge in [-0.3, -0.25) is 0 Å². The zero-order valence-corrected chi connectivity index (χ0v) is 13.5. The largest absolute Gasteiger partial charge is 0.497 e. The second kappa shape index (κ2) is 5.76. The van der Waals surface area contributed by atoms with Crippen LogP contribution >= 0.6 is 0 Å². The molecule has 0 fully saturated rings. The summed E-state index contributed by atoms with van der Waals surface area (Å²) in [5.74, 6) is 1.76. The maximum Gasteiger partial charge on any atom is 0.119 e. The molecule has 3 aromatic rings.